The molecule has 0 fully saturated rings. The highest BCUT2D eigenvalue weighted by Gasteiger charge is 2.27. The largest absolute Gasteiger partial charge is 0.508 e. The molecule has 2 N–H and O–H groups in total. The van der Waals surface area contributed by atoms with Gasteiger partial charge in [-0.1, -0.05) is 60.7 Å². The minimum Gasteiger partial charge on any atom is -0.508 e. The SMILES string of the molecule is O=C(C(/C=C/c1ccc(O)cc1)c1cccs1)C(/C=C/c1ccc(O)cc1)c1cccs1. The van der Waals surface area contributed by atoms with Crippen molar-refractivity contribution < 1.29 is 15.0 Å². The van der Waals surface area contributed by atoms with E-state index in [0.717, 1.165) is 20.9 Å². The molecule has 2 heterocycles. The minimum absolute atomic E-state index is 0.0972. The number of Topliss-reactive ketones (excluding diaryl/α,β-unsaturated/α-hetero) is 1. The van der Waals surface area contributed by atoms with Crippen LogP contribution >= 0.6 is 22.7 Å². The smallest absolute Gasteiger partial charge is 0.156 e. The Hall–Kier alpha value is -3.41. The predicted octanol–water partition coefficient (Wildman–Crippen LogP) is 7.08. The first-order valence-corrected chi connectivity index (χ1v) is 11.9. The van der Waals surface area contributed by atoms with Gasteiger partial charge in [0.15, 0.2) is 5.78 Å². The summed E-state index contributed by atoms with van der Waals surface area (Å²) in [6.07, 6.45) is 7.74. The Kier molecular flexibility index (Phi) is 7.00. The summed E-state index contributed by atoms with van der Waals surface area (Å²) >= 11 is 3.13. The van der Waals surface area contributed by atoms with Crippen LogP contribution in [0.2, 0.25) is 0 Å². The Morgan fingerprint density at radius 1 is 0.656 bits per heavy atom. The van der Waals surface area contributed by atoms with Gasteiger partial charge in [0.25, 0.3) is 0 Å². The standard InChI is InChI=1S/C27H22O3S2/c28-21-11-5-19(6-12-21)9-15-23(25-3-1-17-31-25)27(30)24(26-4-2-18-32-26)16-10-20-7-13-22(29)14-8-20/h1-18,23-24,28-29H/b15-9+,16-10+. The third-order valence-corrected chi connectivity index (χ3v) is 6.97. The number of carbonyl (C=O) groups excluding carboxylic acids is 1. The Bertz CT molecular complexity index is 1090. The van der Waals surface area contributed by atoms with Gasteiger partial charge >= 0.3 is 0 Å². The zero-order chi connectivity index (χ0) is 22.3. The van der Waals surface area contributed by atoms with E-state index in [-0.39, 0.29) is 29.1 Å². The van der Waals surface area contributed by atoms with Crippen LogP contribution in [-0.4, -0.2) is 16.0 Å². The number of ketones is 1. The van der Waals surface area contributed by atoms with Gasteiger partial charge in [-0.15, -0.1) is 22.7 Å². The van der Waals surface area contributed by atoms with Crippen LogP contribution in [0.15, 0.2) is 95.7 Å². The third-order valence-electron chi connectivity index (χ3n) is 5.06. The number of allylic oxidation sites excluding steroid dienone is 2. The molecule has 2 aromatic heterocycles. The lowest BCUT2D eigenvalue weighted by molar-refractivity contribution is -0.119. The highest BCUT2D eigenvalue weighted by atomic mass is 32.1. The quantitative estimate of drug-likeness (QED) is 0.296. The summed E-state index contributed by atoms with van der Waals surface area (Å²) in [7, 11) is 0. The molecule has 0 spiro atoms. The summed E-state index contributed by atoms with van der Waals surface area (Å²) in [5.74, 6) is -0.254. The van der Waals surface area contributed by atoms with Crippen molar-refractivity contribution in [3.8, 4) is 11.5 Å². The summed E-state index contributed by atoms with van der Waals surface area (Å²) in [5.41, 5.74) is 1.84. The van der Waals surface area contributed by atoms with Gasteiger partial charge in [-0.2, -0.15) is 0 Å². The molecule has 0 bridgehead atoms. The molecule has 2 aromatic carbocycles. The number of phenolic OH excluding ortho intramolecular Hbond substituents is 2. The van der Waals surface area contributed by atoms with Crippen molar-refractivity contribution in [1.82, 2.24) is 0 Å². The van der Waals surface area contributed by atoms with Crippen LogP contribution in [-0.2, 0) is 4.79 Å². The maximum Gasteiger partial charge on any atom is 0.156 e. The zero-order valence-corrected chi connectivity index (χ0v) is 18.8. The molecule has 0 aliphatic heterocycles. The molecule has 2 atom stereocenters. The maximum atomic E-state index is 13.8. The lowest BCUT2D eigenvalue weighted by Crippen LogP contribution is -2.17. The van der Waals surface area contributed by atoms with E-state index in [2.05, 4.69) is 0 Å². The molecule has 32 heavy (non-hydrogen) atoms. The number of hydrogen-bond acceptors (Lipinski definition) is 5. The number of thiophene rings is 2. The van der Waals surface area contributed by atoms with E-state index in [1.807, 2.05) is 83.6 Å². The molecule has 0 aliphatic rings. The van der Waals surface area contributed by atoms with Crippen LogP contribution in [0, 0.1) is 0 Å². The van der Waals surface area contributed by atoms with Gasteiger partial charge in [0.2, 0.25) is 0 Å². The van der Waals surface area contributed by atoms with E-state index >= 15 is 0 Å². The fraction of sp³-hybridized carbons (Fsp3) is 0.0741. The molecule has 0 amide bonds. The van der Waals surface area contributed by atoms with Crippen molar-refractivity contribution in [2.24, 2.45) is 0 Å². The Labute approximate surface area is 195 Å². The van der Waals surface area contributed by atoms with E-state index in [9.17, 15) is 15.0 Å². The second kappa shape index (κ2) is 10.3. The van der Waals surface area contributed by atoms with Gasteiger partial charge < -0.3 is 10.2 Å². The topological polar surface area (TPSA) is 57.5 Å². The molecule has 2 unspecified atom stereocenters. The summed E-state index contributed by atoms with van der Waals surface area (Å²) in [5, 5.41) is 23.0. The van der Waals surface area contributed by atoms with Gasteiger partial charge in [-0.05, 0) is 58.3 Å². The molecule has 4 rings (SSSR count). The molecule has 160 valence electrons. The van der Waals surface area contributed by atoms with Crippen molar-refractivity contribution in [1.29, 1.82) is 0 Å². The van der Waals surface area contributed by atoms with Gasteiger partial charge in [0.05, 0.1) is 11.8 Å². The van der Waals surface area contributed by atoms with E-state index in [1.165, 1.54) is 0 Å². The molecule has 4 aromatic rings. The van der Waals surface area contributed by atoms with Gasteiger partial charge in [-0.3, -0.25) is 4.79 Å². The maximum absolute atomic E-state index is 13.8. The van der Waals surface area contributed by atoms with Crippen molar-refractivity contribution >= 4 is 40.6 Å². The second-order valence-corrected chi connectivity index (χ2v) is 9.25. The number of rotatable bonds is 8. The number of phenols is 2. The predicted molar refractivity (Wildman–Crippen MR) is 133 cm³/mol. The summed E-state index contributed by atoms with van der Waals surface area (Å²) < 4.78 is 0. The normalized spacial score (nSPS) is 13.5. The third kappa shape index (κ3) is 5.44. The Morgan fingerprint density at radius 2 is 1.06 bits per heavy atom. The molecule has 0 radical (unpaired) electrons. The number of aromatic hydroxyl groups is 2. The Morgan fingerprint density at radius 3 is 1.41 bits per heavy atom. The average Bonchev–Trinajstić information content (AvgIpc) is 3.52. The van der Waals surface area contributed by atoms with E-state index in [0.29, 0.717) is 0 Å². The first-order chi connectivity index (χ1) is 15.6. The first kappa shape index (κ1) is 21.8. The minimum atomic E-state index is -0.389. The van der Waals surface area contributed by atoms with Gasteiger partial charge in [-0.25, -0.2) is 0 Å². The van der Waals surface area contributed by atoms with Crippen LogP contribution in [0.5, 0.6) is 11.5 Å². The summed E-state index contributed by atoms with van der Waals surface area (Å²) in [6, 6.07) is 21.7. The number of carbonyl (C=O) groups is 1. The monoisotopic (exact) mass is 458 g/mol. The Balaban J connectivity index is 1.66. The van der Waals surface area contributed by atoms with Crippen LogP contribution in [0.4, 0.5) is 0 Å². The van der Waals surface area contributed by atoms with Crippen LogP contribution in [0.25, 0.3) is 12.2 Å². The second-order valence-electron chi connectivity index (χ2n) is 7.29. The van der Waals surface area contributed by atoms with E-state index in [4.69, 9.17) is 0 Å². The van der Waals surface area contributed by atoms with Crippen LogP contribution < -0.4 is 0 Å². The first-order valence-electron chi connectivity index (χ1n) is 10.1. The van der Waals surface area contributed by atoms with E-state index < -0.39 is 0 Å². The lowest BCUT2D eigenvalue weighted by Gasteiger charge is -2.16. The zero-order valence-electron chi connectivity index (χ0n) is 17.2. The molecule has 0 aliphatic carbocycles. The van der Waals surface area contributed by atoms with Crippen molar-refractivity contribution in [2.45, 2.75) is 11.8 Å². The molecular formula is C27H22O3S2. The highest BCUT2D eigenvalue weighted by molar-refractivity contribution is 7.10. The van der Waals surface area contributed by atoms with Crippen molar-refractivity contribution in [2.75, 3.05) is 0 Å². The average molecular weight is 459 g/mol. The molecular weight excluding hydrogens is 436 g/mol. The lowest BCUT2D eigenvalue weighted by atomic mass is 9.89. The van der Waals surface area contributed by atoms with Gasteiger partial charge in [0, 0.05) is 9.75 Å². The fourth-order valence-electron chi connectivity index (χ4n) is 3.38. The molecule has 3 nitrogen and oxygen atoms in total. The number of hydrogen-bond donors (Lipinski definition) is 2. The summed E-state index contributed by atoms with van der Waals surface area (Å²) in [6.45, 7) is 0. The molecule has 5 heteroatoms. The summed E-state index contributed by atoms with van der Waals surface area (Å²) in [4.78, 5) is 15.8. The number of benzene rings is 2. The molecule has 0 saturated carbocycles. The van der Waals surface area contributed by atoms with Gasteiger partial charge in [0.1, 0.15) is 11.5 Å². The van der Waals surface area contributed by atoms with Crippen LogP contribution in [0.3, 0.4) is 0 Å². The van der Waals surface area contributed by atoms with E-state index in [1.54, 1.807) is 46.9 Å². The van der Waals surface area contributed by atoms with Crippen molar-refractivity contribution in [3.05, 3.63) is 117 Å². The molecule has 0 saturated heterocycles. The van der Waals surface area contributed by atoms with Crippen molar-refractivity contribution in [3.63, 3.8) is 0 Å². The van der Waals surface area contributed by atoms with Crippen LogP contribution in [0.1, 0.15) is 32.7 Å². The fourth-order valence-corrected chi connectivity index (χ4v) is 5.00. The highest BCUT2D eigenvalue weighted by Crippen LogP contribution is 2.34.